The van der Waals surface area contributed by atoms with Gasteiger partial charge in [-0.25, -0.2) is 0 Å². The number of carbonyl (C=O) groups excluding carboxylic acids is 1. The fourth-order valence-electron chi connectivity index (χ4n) is 4.68. The summed E-state index contributed by atoms with van der Waals surface area (Å²) in [6, 6.07) is 0. The zero-order valence-corrected chi connectivity index (χ0v) is 20.7. The highest BCUT2D eigenvalue weighted by Crippen LogP contribution is 2.21. The molecule has 164 valence electrons. The maximum absolute atomic E-state index is 11.5. The fourth-order valence-corrected chi connectivity index (χ4v) is 4.68. The summed E-state index contributed by atoms with van der Waals surface area (Å²) in [6.07, 6.45) is 6.61. The summed E-state index contributed by atoms with van der Waals surface area (Å²) < 4.78 is 0. The molecule has 2 aliphatic rings. The highest BCUT2D eigenvalue weighted by molar-refractivity contribution is 14.0. The predicted octanol–water partition coefficient (Wildman–Crippen LogP) is 2.79. The van der Waals surface area contributed by atoms with Crippen molar-refractivity contribution in [3.63, 3.8) is 0 Å². The maximum atomic E-state index is 11.5. The smallest absolute Gasteiger partial charge is 0.220 e. The number of unbranched alkanes of at least 4 members (excludes halogenated alkanes) is 1. The van der Waals surface area contributed by atoms with E-state index in [1.54, 1.807) is 7.05 Å². The first-order valence-corrected chi connectivity index (χ1v) is 10.9. The summed E-state index contributed by atoms with van der Waals surface area (Å²) in [5.74, 6) is 3.38. The van der Waals surface area contributed by atoms with Gasteiger partial charge in [-0.3, -0.25) is 9.79 Å². The summed E-state index contributed by atoms with van der Waals surface area (Å²) in [5.41, 5.74) is 0. The molecule has 2 heterocycles. The van der Waals surface area contributed by atoms with Gasteiger partial charge >= 0.3 is 0 Å². The number of aliphatic imine (C=N–C) groups is 1. The summed E-state index contributed by atoms with van der Waals surface area (Å²) in [6.45, 7) is 11.5. The number of hydrogen-bond acceptors (Lipinski definition) is 3. The maximum Gasteiger partial charge on any atom is 0.220 e. The van der Waals surface area contributed by atoms with Gasteiger partial charge in [-0.05, 0) is 56.4 Å². The van der Waals surface area contributed by atoms with E-state index in [9.17, 15) is 4.79 Å². The molecule has 2 saturated heterocycles. The van der Waals surface area contributed by atoms with Gasteiger partial charge in [0.15, 0.2) is 5.96 Å². The Morgan fingerprint density at radius 1 is 1.11 bits per heavy atom. The molecule has 7 heteroatoms. The molecular formula is C21H42IN5O. The summed E-state index contributed by atoms with van der Waals surface area (Å²) in [7, 11) is 3.59. The van der Waals surface area contributed by atoms with Gasteiger partial charge in [0, 0.05) is 53.2 Å². The third-order valence-corrected chi connectivity index (χ3v) is 6.01. The van der Waals surface area contributed by atoms with Gasteiger partial charge in [-0.1, -0.05) is 13.8 Å². The Balaban J connectivity index is 0.00000392. The molecule has 2 fully saturated rings. The van der Waals surface area contributed by atoms with Crippen LogP contribution in [0.5, 0.6) is 0 Å². The van der Waals surface area contributed by atoms with Crippen molar-refractivity contribution in [2.75, 3.05) is 53.4 Å². The molecular weight excluding hydrogens is 465 g/mol. The quantitative estimate of drug-likeness (QED) is 0.241. The second kappa shape index (κ2) is 13.6. The molecule has 2 unspecified atom stereocenters. The average molecular weight is 508 g/mol. The lowest BCUT2D eigenvalue weighted by atomic mass is 9.92. The predicted molar refractivity (Wildman–Crippen MR) is 128 cm³/mol. The Hall–Kier alpha value is -0.570. The second-order valence-corrected chi connectivity index (χ2v) is 8.69. The molecule has 0 aliphatic carbocycles. The molecule has 6 nitrogen and oxygen atoms in total. The molecule has 2 atom stereocenters. The first-order valence-electron chi connectivity index (χ1n) is 10.9. The van der Waals surface area contributed by atoms with Crippen molar-refractivity contribution in [1.82, 2.24) is 20.4 Å². The number of nitrogens with zero attached hydrogens (tertiary/aromatic N) is 3. The monoisotopic (exact) mass is 507 g/mol. The van der Waals surface area contributed by atoms with Crippen molar-refractivity contribution in [3.05, 3.63) is 0 Å². The van der Waals surface area contributed by atoms with Crippen LogP contribution in [-0.4, -0.2) is 75.0 Å². The number of guanidine groups is 1. The van der Waals surface area contributed by atoms with Crippen LogP contribution >= 0.6 is 24.0 Å². The number of carbonyl (C=O) groups is 1. The van der Waals surface area contributed by atoms with Gasteiger partial charge in [0.05, 0.1) is 0 Å². The van der Waals surface area contributed by atoms with E-state index >= 15 is 0 Å². The molecule has 2 N–H and O–H groups in total. The SMILES string of the molecule is CN=C(NCCCCN1CC(C)CC(C)C1)N1CCC(CC(=O)NC)CC1.I. The van der Waals surface area contributed by atoms with Gasteiger partial charge in [-0.2, -0.15) is 0 Å². The topological polar surface area (TPSA) is 60.0 Å². The molecule has 0 radical (unpaired) electrons. The summed E-state index contributed by atoms with van der Waals surface area (Å²) in [4.78, 5) is 21.0. The van der Waals surface area contributed by atoms with Crippen LogP contribution in [0.4, 0.5) is 0 Å². The average Bonchev–Trinajstić information content (AvgIpc) is 2.64. The van der Waals surface area contributed by atoms with Crippen molar-refractivity contribution in [2.24, 2.45) is 22.7 Å². The van der Waals surface area contributed by atoms with Crippen molar-refractivity contribution >= 4 is 35.8 Å². The van der Waals surface area contributed by atoms with Gasteiger partial charge in [-0.15, -0.1) is 24.0 Å². The van der Waals surface area contributed by atoms with Gasteiger partial charge in [0.25, 0.3) is 0 Å². The third-order valence-electron chi connectivity index (χ3n) is 6.01. The number of nitrogens with one attached hydrogen (secondary N) is 2. The zero-order chi connectivity index (χ0) is 19.6. The highest BCUT2D eigenvalue weighted by Gasteiger charge is 2.23. The van der Waals surface area contributed by atoms with Crippen LogP contribution in [0.15, 0.2) is 4.99 Å². The molecule has 0 aromatic heterocycles. The summed E-state index contributed by atoms with van der Waals surface area (Å²) >= 11 is 0. The van der Waals surface area contributed by atoms with E-state index in [1.165, 1.54) is 38.9 Å². The third kappa shape index (κ3) is 8.84. The Morgan fingerprint density at radius 2 is 1.75 bits per heavy atom. The lowest BCUT2D eigenvalue weighted by Crippen LogP contribution is -2.46. The van der Waals surface area contributed by atoms with Crippen molar-refractivity contribution < 1.29 is 4.79 Å². The highest BCUT2D eigenvalue weighted by atomic mass is 127. The van der Waals surface area contributed by atoms with Crippen LogP contribution in [0.1, 0.15) is 52.4 Å². The molecule has 1 amide bonds. The minimum Gasteiger partial charge on any atom is -0.359 e. The largest absolute Gasteiger partial charge is 0.359 e. The lowest BCUT2D eigenvalue weighted by molar-refractivity contribution is -0.121. The Morgan fingerprint density at radius 3 is 2.32 bits per heavy atom. The minimum absolute atomic E-state index is 0. The standard InChI is InChI=1S/C21H41N5O.HI/c1-17-13-18(2)16-25(15-17)10-6-5-9-24-21(23-4)26-11-7-19(8-12-26)14-20(27)22-3;/h17-19H,5-16H2,1-4H3,(H,22,27)(H,23,24);1H. The van der Waals surface area contributed by atoms with E-state index < -0.39 is 0 Å². The second-order valence-electron chi connectivity index (χ2n) is 8.69. The number of halogens is 1. The van der Waals surface area contributed by atoms with E-state index in [0.717, 1.165) is 50.3 Å². The lowest BCUT2D eigenvalue weighted by Gasteiger charge is -2.35. The molecule has 0 aromatic rings. The van der Waals surface area contributed by atoms with Crippen LogP contribution in [0.25, 0.3) is 0 Å². The number of rotatable bonds is 7. The van der Waals surface area contributed by atoms with Crippen LogP contribution in [0, 0.1) is 17.8 Å². The molecule has 2 rings (SSSR count). The van der Waals surface area contributed by atoms with Crippen molar-refractivity contribution in [3.8, 4) is 0 Å². The normalized spacial score (nSPS) is 24.6. The van der Waals surface area contributed by atoms with E-state index in [4.69, 9.17) is 0 Å². The Bertz CT molecular complexity index is 469. The Kier molecular flexibility index (Phi) is 12.4. The molecule has 28 heavy (non-hydrogen) atoms. The van der Waals surface area contributed by atoms with Crippen LogP contribution < -0.4 is 10.6 Å². The minimum atomic E-state index is 0. The van der Waals surface area contributed by atoms with E-state index in [0.29, 0.717) is 12.3 Å². The molecule has 0 aromatic carbocycles. The van der Waals surface area contributed by atoms with E-state index in [-0.39, 0.29) is 29.9 Å². The number of likely N-dealkylation sites (tertiary alicyclic amines) is 2. The Labute approximate surface area is 189 Å². The van der Waals surface area contributed by atoms with Crippen molar-refractivity contribution in [1.29, 1.82) is 0 Å². The molecule has 2 aliphatic heterocycles. The number of piperidine rings is 2. The zero-order valence-electron chi connectivity index (χ0n) is 18.4. The first kappa shape index (κ1) is 25.5. The van der Waals surface area contributed by atoms with Crippen LogP contribution in [0.2, 0.25) is 0 Å². The van der Waals surface area contributed by atoms with Gasteiger partial charge in [0.1, 0.15) is 0 Å². The molecule has 0 saturated carbocycles. The summed E-state index contributed by atoms with van der Waals surface area (Å²) in [5, 5.41) is 6.27. The number of hydrogen-bond donors (Lipinski definition) is 2. The van der Waals surface area contributed by atoms with E-state index in [1.807, 2.05) is 7.05 Å². The van der Waals surface area contributed by atoms with E-state index in [2.05, 4.69) is 39.3 Å². The molecule has 0 bridgehead atoms. The van der Waals surface area contributed by atoms with Gasteiger partial charge < -0.3 is 20.4 Å². The van der Waals surface area contributed by atoms with Gasteiger partial charge in [0.2, 0.25) is 5.91 Å². The number of amides is 1. The van der Waals surface area contributed by atoms with Crippen LogP contribution in [0.3, 0.4) is 0 Å². The fraction of sp³-hybridized carbons (Fsp3) is 0.905. The first-order chi connectivity index (χ1) is 13.0. The van der Waals surface area contributed by atoms with Crippen molar-refractivity contribution in [2.45, 2.75) is 52.4 Å². The van der Waals surface area contributed by atoms with Crippen LogP contribution in [-0.2, 0) is 4.79 Å². The molecule has 0 spiro atoms.